The average molecular weight is 887 g/mol. The van der Waals surface area contributed by atoms with Gasteiger partial charge in [-0.2, -0.15) is 0 Å². The van der Waals surface area contributed by atoms with E-state index < -0.39 is 23.1 Å². The molecule has 2 aromatic heterocycles. The number of hydrogen-bond donors (Lipinski definition) is 0. The van der Waals surface area contributed by atoms with Crippen molar-refractivity contribution in [3.63, 3.8) is 0 Å². The third kappa shape index (κ3) is 10.7. The largest absolute Gasteiger partial charge is 1.00 e. The van der Waals surface area contributed by atoms with Gasteiger partial charge in [0.05, 0.1) is 11.4 Å². The number of fused-ring (bicyclic) bond motifs is 2. The van der Waals surface area contributed by atoms with Gasteiger partial charge in [-0.25, -0.2) is 0 Å². The first-order chi connectivity index (χ1) is 28.6. The monoisotopic (exact) mass is 886 g/mol. The summed E-state index contributed by atoms with van der Waals surface area (Å²) in [6.07, 6.45) is 3.54. The Labute approximate surface area is 362 Å². The van der Waals surface area contributed by atoms with Crippen molar-refractivity contribution in [1.82, 2.24) is 9.97 Å². The van der Waals surface area contributed by atoms with Crippen molar-refractivity contribution in [1.29, 1.82) is 0 Å². The van der Waals surface area contributed by atoms with Crippen LogP contribution >= 0.6 is 15.8 Å². The standard InChI is InChI=1S/C39H32OP2.C10H8N2.BF4.Cu/c1-39(2)33-25-15-27-35(41(29-17-7-3-8-18-29)30-19-9-4-10-20-30)37(33)40-38-34(39)26-16-28-36(38)42(31-21-11-5-12-22-31)32-23-13-6-14-24-32;1-3-7-11-9(5-1)10-6-2-4-8-12-10;2-1(3,4)5;/h3-28H,1-2H3;1-8H;;/q;;-1;+1/p+2. The molecule has 0 saturated carbocycles. The molecule has 11 heteroatoms. The van der Waals surface area contributed by atoms with Crippen LogP contribution in [0.25, 0.3) is 11.4 Å². The summed E-state index contributed by atoms with van der Waals surface area (Å²) in [6, 6.07) is 69.1. The number of pyridine rings is 2. The molecule has 1 aliphatic rings. The number of aromatic nitrogens is 2. The van der Waals surface area contributed by atoms with E-state index in [4.69, 9.17) is 4.74 Å². The van der Waals surface area contributed by atoms with Crippen LogP contribution in [0.3, 0.4) is 0 Å². The molecular weight excluding hydrogens is 845 g/mol. The molecule has 3 heterocycles. The molecule has 0 amide bonds. The summed E-state index contributed by atoms with van der Waals surface area (Å²) in [5.74, 6) is 2.07. The Balaban J connectivity index is 0.000000280. The first-order valence-corrected chi connectivity index (χ1v) is 22.2. The Morgan fingerprint density at radius 3 is 1.00 bits per heavy atom. The predicted molar refractivity (Wildman–Crippen MR) is 243 cm³/mol. The number of ether oxygens (including phenoxy) is 1. The van der Waals surface area contributed by atoms with E-state index in [1.54, 1.807) is 12.4 Å². The van der Waals surface area contributed by atoms with Gasteiger partial charge in [-0.05, 0) is 84.9 Å². The van der Waals surface area contributed by atoms with Crippen LogP contribution in [0.5, 0.6) is 11.5 Å². The van der Waals surface area contributed by atoms with Crippen molar-refractivity contribution in [2.24, 2.45) is 0 Å². The Morgan fingerprint density at radius 1 is 0.417 bits per heavy atom. The first kappa shape index (κ1) is 44.1. The summed E-state index contributed by atoms with van der Waals surface area (Å²) >= 11 is 0. The van der Waals surface area contributed by atoms with E-state index in [9.17, 15) is 17.3 Å². The molecule has 9 rings (SSSR count). The summed E-state index contributed by atoms with van der Waals surface area (Å²) in [7, 11) is -8.64. The molecule has 8 aromatic rings. The summed E-state index contributed by atoms with van der Waals surface area (Å²) in [6.45, 7) is 4.71. The summed E-state index contributed by atoms with van der Waals surface area (Å²) in [5.41, 5.74) is 4.13. The zero-order valence-electron chi connectivity index (χ0n) is 32.8. The third-order valence-corrected chi connectivity index (χ3v) is 15.5. The van der Waals surface area contributed by atoms with Crippen LogP contribution in [-0.2, 0) is 22.5 Å². The number of nitrogens with zero attached hydrogens (tertiary/aromatic N) is 2. The van der Waals surface area contributed by atoms with E-state index in [0.717, 1.165) is 22.9 Å². The second kappa shape index (κ2) is 20.2. The van der Waals surface area contributed by atoms with Crippen LogP contribution in [0.15, 0.2) is 207 Å². The zero-order valence-corrected chi connectivity index (χ0v) is 35.8. The molecule has 0 fully saturated rings. The number of para-hydroxylation sites is 2. The summed E-state index contributed by atoms with van der Waals surface area (Å²) in [4.78, 5) is 8.37. The van der Waals surface area contributed by atoms with Gasteiger partial charge in [0.15, 0.2) is 11.5 Å². The van der Waals surface area contributed by atoms with Crippen LogP contribution in [0.4, 0.5) is 17.3 Å². The van der Waals surface area contributed by atoms with Gasteiger partial charge in [0.1, 0.15) is 47.7 Å². The minimum atomic E-state index is -6.00. The molecule has 60 heavy (non-hydrogen) atoms. The first-order valence-electron chi connectivity index (χ1n) is 19.2. The molecular formula is C49H42BCuF4N2OP2+2. The van der Waals surface area contributed by atoms with Crippen molar-refractivity contribution in [3.8, 4) is 22.9 Å². The van der Waals surface area contributed by atoms with Gasteiger partial charge in [0.2, 0.25) is 0 Å². The summed E-state index contributed by atoms with van der Waals surface area (Å²) in [5, 5.41) is 8.05. The minimum Gasteiger partial charge on any atom is -0.448 e. The fourth-order valence-electron chi connectivity index (χ4n) is 7.32. The number of benzene rings is 6. The average Bonchev–Trinajstić information content (AvgIpc) is 3.26. The molecule has 1 aliphatic heterocycles. The second-order valence-electron chi connectivity index (χ2n) is 14.2. The van der Waals surface area contributed by atoms with Gasteiger partial charge in [-0.15, -0.1) is 0 Å². The van der Waals surface area contributed by atoms with Crippen molar-refractivity contribution >= 4 is 54.9 Å². The van der Waals surface area contributed by atoms with Gasteiger partial charge in [-0.1, -0.05) is 123 Å². The Kier molecular flexibility index (Phi) is 14.9. The van der Waals surface area contributed by atoms with Gasteiger partial charge < -0.3 is 22.0 Å². The van der Waals surface area contributed by atoms with Crippen LogP contribution in [0, 0.1) is 0 Å². The number of rotatable bonds is 7. The van der Waals surface area contributed by atoms with Gasteiger partial charge in [-0.3, -0.25) is 9.97 Å². The zero-order chi connectivity index (χ0) is 41.2. The van der Waals surface area contributed by atoms with Gasteiger partial charge in [0.25, 0.3) is 0 Å². The quantitative estimate of drug-likeness (QED) is 0.0909. The fourth-order valence-corrected chi connectivity index (χ4v) is 12.7. The predicted octanol–water partition coefficient (Wildman–Crippen LogP) is 10.5. The van der Waals surface area contributed by atoms with Crippen LogP contribution in [0.1, 0.15) is 25.0 Å². The molecule has 0 aliphatic carbocycles. The molecule has 0 unspecified atom stereocenters. The smallest absolute Gasteiger partial charge is 0.448 e. The van der Waals surface area contributed by atoms with Crippen molar-refractivity contribution in [2.45, 2.75) is 19.3 Å². The Hall–Kier alpha value is -5.42. The van der Waals surface area contributed by atoms with E-state index in [-0.39, 0.29) is 22.5 Å². The normalized spacial score (nSPS) is 12.3. The minimum absolute atomic E-state index is 0. The van der Waals surface area contributed by atoms with Crippen LogP contribution in [-0.4, -0.2) is 17.2 Å². The van der Waals surface area contributed by atoms with Gasteiger partial charge >= 0.3 is 24.3 Å². The molecule has 0 N–H and O–H groups in total. The summed E-state index contributed by atoms with van der Waals surface area (Å²) < 4.78 is 46.3. The third-order valence-electron chi connectivity index (χ3n) is 9.96. The molecule has 304 valence electrons. The SMILES string of the molecule is CC1(C)c2cccc([PH+](c3ccccc3)c3ccccc3)c2Oc2c([PH+](c3ccccc3)c3ccccc3)cccc21.F[B-](F)(F)F.[Cu+].c1ccc(-c2ccccn2)nc1. The van der Waals surface area contributed by atoms with Crippen molar-refractivity contribution in [3.05, 3.63) is 218 Å². The van der Waals surface area contributed by atoms with Crippen molar-refractivity contribution in [2.75, 3.05) is 0 Å². The fraction of sp³-hybridized carbons (Fsp3) is 0.0612. The molecule has 0 bridgehead atoms. The number of hydrogen-bond acceptors (Lipinski definition) is 3. The van der Waals surface area contributed by atoms with Crippen LogP contribution < -0.4 is 36.6 Å². The van der Waals surface area contributed by atoms with Crippen molar-refractivity contribution < 1.29 is 39.1 Å². The van der Waals surface area contributed by atoms with E-state index in [2.05, 4.69) is 182 Å². The maximum atomic E-state index is 9.75. The molecule has 0 spiro atoms. The Morgan fingerprint density at radius 2 is 0.717 bits per heavy atom. The van der Waals surface area contributed by atoms with E-state index in [0.29, 0.717) is 0 Å². The molecule has 0 atom stereocenters. The van der Waals surface area contributed by atoms with E-state index in [1.165, 1.54) is 43.0 Å². The number of halogens is 4. The molecule has 0 saturated heterocycles. The second-order valence-corrected chi connectivity index (χ2v) is 19.1. The molecule has 3 nitrogen and oxygen atoms in total. The van der Waals surface area contributed by atoms with Gasteiger partial charge in [0, 0.05) is 28.9 Å². The topological polar surface area (TPSA) is 35.0 Å². The van der Waals surface area contributed by atoms with E-state index in [1.807, 2.05) is 36.4 Å². The maximum Gasteiger partial charge on any atom is 1.00 e. The van der Waals surface area contributed by atoms with Crippen LogP contribution in [0.2, 0.25) is 0 Å². The Bertz CT molecular complexity index is 2300. The van der Waals surface area contributed by atoms with E-state index >= 15 is 0 Å². The molecule has 0 radical (unpaired) electrons. The maximum absolute atomic E-state index is 9.75. The molecule has 6 aromatic carbocycles.